The van der Waals surface area contributed by atoms with Gasteiger partial charge >= 0.3 is 12.0 Å². The number of hydrogen-bond acceptors (Lipinski definition) is 4. The Bertz CT molecular complexity index is 1010. The van der Waals surface area contributed by atoms with Gasteiger partial charge in [0.2, 0.25) is 0 Å². The summed E-state index contributed by atoms with van der Waals surface area (Å²) >= 11 is 1.41. The molecule has 0 spiro atoms. The predicted octanol–water partition coefficient (Wildman–Crippen LogP) is 5.12. The van der Waals surface area contributed by atoms with Crippen molar-refractivity contribution in [1.82, 2.24) is 5.32 Å². The summed E-state index contributed by atoms with van der Waals surface area (Å²) in [6.07, 6.45) is 4.23. The zero-order valence-corrected chi connectivity index (χ0v) is 19.8. The molecule has 1 aromatic carbocycles. The van der Waals surface area contributed by atoms with Crippen LogP contribution in [0.3, 0.4) is 0 Å². The number of aliphatic carboxylic acids is 1. The van der Waals surface area contributed by atoms with Gasteiger partial charge in [0.15, 0.2) is 0 Å². The number of benzene rings is 1. The maximum atomic E-state index is 13.2. The number of carbonyl (C=O) groups is 3. The average Bonchev–Trinajstić information content (AvgIpc) is 3.11. The second-order valence-electron chi connectivity index (χ2n) is 8.44. The number of carboxylic acids is 1. The van der Waals surface area contributed by atoms with Crippen LogP contribution in [0.2, 0.25) is 0 Å². The number of fused-ring (bicyclic) bond motifs is 1. The fraction of sp³-hybridized carbons (Fsp3) is 0.458. The zero-order chi connectivity index (χ0) is 23.4. The molecular weight excluding hydrogens is 426 g/mol. The third-order valence-electron chi connectivity index (χ3n) is 6.11. The lowest BCUT2D eigenvalue weighted by atomic mass is 9.94. The van der Waals surface area contributed by atoms with E-state index >= 15 is 0 Å². The van der Waals surface area contributed by atoms with E-state index in [1.54, 1.807) is 6.92 Å². The van der Waals surface area contributed by atoms with Crippen LogP contribution in [0, 0.1) is 19.8 Å². The molecular formula is C24H31N3O4S. The molecule has 2 aromatic rings. The Morgan fingerprint density at radius 2 is 1.75 bits per heavy atom. The Morgan fingerprint density at radius 1 is 1.09 bits per heavy atom. The van der Waals surface area contributed by atoms with E-state index in [1.807, 2.05) is 39.0 Å². The molecule has 3 amide bonds. The predicted molar refractivity (Wildman–Crippen MR) is 128 cm³/mol. The molecule has 0 fully saturated rings. The van der Waals surface area contributed by atoms with Crippen LogP contribution in [0.4, 0.5) is 15.5 Å². The first kappa shape index (κ1) is 23.8. The lowest BCUT2D eigenvalue weighted by Crippen LogP contribution is -2.45. The number of carboxylic acid groups (broad SMARTS) is 1. The number of amides is 3. The summed E-state index contributed by atoms with van der Waals surface area (Å²) in [6.45, 7) is 7.54. The highest BCUT2D eigenvalue weighted by Gasteiger charge is 2.31. The molecule has 1 aliphatic carbocycles. The first-order valence-electron chi connectivity index (χ1n) is 11.0. The fourth-order valence-electron chi connectivity index (χ4n) is 4.05. The molecule has 0 aliphatic heterocycles. The number of anilines is 2. The second-order valence-corrected chi connectivity index (χ2v) is 9.54. The SMILES string of the molecule is CCC(C)[C@H](NC(=O)c1c(NC(=O)Nc2c(C)cccc2C)sc2c1CCCC2)C(=O)O. The van der Waals surface area contributed by atoms with Crippen molar-refractivity contribution in [3.05, 3.63) is 45.3 Å². The van der Waals surface area contributed by atoms with Crippen molar-refractivity contribution in [2.45, 2.75) is 65.8 Å². The van der Waals surface area contributed by atoms with E-state index in [4.69, 9.17) is 0 Å². The largest absolute Gasteiger partial charge is 0.480 e. The van der Waals surface area contributed by atoms with E-state index in [9.17, 15) is 19.5 Å². The van der Waals surface area contributed by atoms with Crippen molar-refractivity contribution < 1.29 is 19.5 Å². The number of nitrogens with one attached hydrogen (secondary N) is 3. The molecule has 2 atom stereocenters. The monoisotopic (exact) mass is 457 g/mol. The molecule has 7 nitrogen and oxygen atoms in total. The highest BCUT2D eigenvalue weighted by atomic mass is 32.1. The highest BCUT2D eigenvalue weighted by Crippen LogP contribution is 2.38. The molecule has 3 rings (SSSR count). The van der Waals surface area contributed by atoms with Crippen molar-refractivity contribution in [3.63, 3.8) is 0 Å². The molecule has 1 heterocycles. The standard InChI is InChI=1S/C24H31N3O4S/c1-5-13(2)20(23(29)30)25-21(28)18-16-11-6-7-12-17(16)32-22(18)27-24(31)26-19-14(3)9-8-10-15(19)4/h8-10,13,20H,5-7,11-12H2,1-4H3,(H,25,28)(H,29,30)(H2,26,27,31)/t13?,20-/m0/s1. The van der Waals surface area contributed by atoms with Crippen molar-refractivity contribution >= 4 is 39.9 Å². The first-order valence-corrected chi connectivity index (χ1v) is 11.9. The van der Waals surface area contributed by atoms with Crippen LogP contribution in [0.1, 0.15) is 65.0 Å². The average molecular weight is 458 g/mol. The highest BCUT2D eigenvalue weighted by molar-refractivity contribution is 7.17. The lowest BCUT2D eigenvalue weighted by Gasteiger charge is -2.21. The van der Waals surface area contributed by atoms with Gasteiger partial charge in [0.25, 0.3) is 5.91 Å². The van der Waals surface area contributed by atoms with E-state index in [0.717, 1.165) is 52.9 Å². The van der Waals surface area contributed by atoms with Gasteiger partial charge in [-0.05, 0) is 62.1 Å². The number of rotatable bonds is 7. The summed E-state index contributed by atoms with van der Waals surface area (Å²) in [4.78, 5) is 38.9. The minimum Gasteiger partial charge on any atom is -0.480 e. The first-order chi connectivity index (χ1) is 15.2. The van der Waals surface area contributed by atoms with E-state index < -0.39 is 23.9 Å². The fourth-order valence-corrected chi connectivity index (χ4v) is 5.33. The Kier molecular flexibility index (Phi) is 7.56. The number of thiophene rings is 1. The molecule has 1 aliphatic rings. The zero-order valence-electron chi connectivity index (χ0n) is 19.0. The Labute approximate surface area is 192 Å². The van der Waals surface area contributed by atoms with Gasteiger partial charge in [0.1, 0.15) is 11.0 Å². The molecule has 1 aromatic heterocycles. The summed E-state index contributed by atoms with van der Waals surface area (Å²) in [6, 6.07) is 4.37. The summed E-state index contributed by atoms with van der Waals surface area (Å²) in [7, 11) is 0. The van der Waals surface area contributed by atoms with E-state index in [1.165, 1.54) is 11.3 Å². The molecule has 0 saturated carbocycles. The van der Waals surface area contributed by atoms with E-state index in [2.05, 4.69) is 16.0 Å². The minimum atomic E-state index is -1.06. The molecule has 8 heteroatoms. The van der Waals surface area contributed by atoms with Gasteiger partial charge in [0, 0.05) is 10.6 Å². The van der Waals surface area contributed by atoms with E-state index in [-0.39, 0.29) is 5.92 Å². The maximum absolute atomic E-state index is 13.2. The summed E-state index contributed by atoms with van der Waals surface area (Å²) in [5.74, 6) is -1.71. The van der Waals surface area contributed by atoms with Gasteiger partial charge in [-0.2, -0.15) is 0 Å². The molecule has 32 heavy (non-hydrogen) atoms. The minimum absolute atomic E-state index is 0.213. The van der Waals surface area contributed by atoms with Crippen LogP contribution in [-0.4, -0.2) is 29.1 Å². The molecule has 172 valence electrons. The summed E-state index contributed by atoms with van der Waals surface area (Å²) in [5.41, 5.74) is 3.95. The van der Waals surface area contributed by atoms with Crippen molar-refractivity contribution in [3.8, 4) is 0 Å². The number of urea groups is 1. The van der Waals surface area contributed by atoms with Gasteiger partial charge in [-0.25, -0.2) is 9.59 Å². The van der Waals surface area contributed by atoms with Gasteiger partial charge < -0.3 is 15.7 Å². The van der Waals surface area contributed by atoms with Crippen LogP contribution < -0.4 is 16.0 Å². The Morgan fingerprint density at radius 3 is 2.38 bits per heavy atom. The van der Waals surface area contributed by atoms with Crippen LogP contribution in [0.15, 0.2) is 18.2 Å². The van der Waals surface area contributed by atoms with Crippen LogP contribution in [-0.2, 0) is 17.6 Å². The number of carbonyl (C=O) groups excluding carboxylic acids is 2. The normalized spacial score (nSPS) is 14.8. The smallest absolute Gasteiger partial charge is 0.326 e. The molecule has 4 N–H and O–H groups in total. The number of para-hydroxylation sites is 1. The maximum Gasteiger partial charge on any atom is 0.326 e. The summed E-state index contributed by atoms with van der Waals surface area (Å²) in [5, 5.41) is 18.5. The molecule has 0 radical (unpaired) electrons. The van der Waals surface area contributed by atoms with Crippen molar-refractivity contribution in [2.24, 2.45) is 5.92 Å². The van der Waals surface area contributed by atoms with Crippen molar-refractivity contribution in [2.75, 3.05) is 10.6 Å². The quantitative estimate of drug-likeness (QED) is 0.463. The summed E-state index contributed by atoms with van der Waals surface area (Å²) < 4.78 is 0. The lowest BCUT2D eigenvalue weighted by molar-refractivity contribution is -0.140. The Balaban J connectivity index is 1.88. The number of aryl methyl sites for hydroxylation is 3. The third-order valence-corrected chi connectivity index (χ3v) is 7.32. The van der Waals surface area contributed by atoms with Crippen LogP contribution >= 0.6 is 11.3 Å². The van der Waals surface area contributed by atoms with Crippen LogP contribution in [0.25, 0.3) is 0 Å². The third kappa shape index (κ3) is 5.12. The van der Waals surface area contributed by atoms with Crippen LogP contribution in [0.5, 0.6) is 0 Å². The van der Waals surface area contributed by atoms with Gasteiger partial charge in [-0.15, -0.1) is 11.3 Å². The number of hydrogen-bond donors (Lipinski definition) is 4. The van der Waals surface area contributed by atoms with Gasteiger partial charge in [-0.3, -0.25) is 10.1 Å². The molecule has 0 bridgehead atoms. The Hall–Kier alpha value is -2.87. The van der Waals surface area contributed by atoms with E-state index in [0.29, 0.717) is 17.0 Å². The van der Waals surface area contributed by atoms with Gasteiger partial charge in [0.05, 0.1) is 5.56 Å². The van der Waals surface area contributed by atoms with Crippen molar-refractivity contribution in [1.29, 1.82) is 0 Å². The topological polar surface area (TPSA) is 108 Å². The second kappa shape index (κ2) is 10.2. The van der Waals surface area contributed by atoms with Gasteiger partial charge in [-0.1, -0.05) is 38.5 Å². The molecule has 1 unspecified atom stereocenters. The molecule has 0 saturated heterocycles.